The number of aryl methyl sites for hydroxylation is 1. The smallest absolute Gasteiger partial charge is 0.256 e. The fourth-order valence-electron chi connectivity index (χ4n) is 4.70. The van der Waals surface area contributed by atoms with Crippen molar-refractivity contribution in [3.05, 3.63) is 112 Å². The Morgan fingerprint density at radius 2 is 1.34 bits per heavy atom. The highest BCUT2D eigenvalue weighted by Gasteiger charge is 2.17. The summed E-state index contributed by atoms with van der Waals surface area (Å²) in [5.74, 6) is -0.277. The van der Waals surface area contributed by atoms with Crippen LogP contribution >= 0.6 is 0 Å². The predicted octanol–water partition coefficient (Wildman–Crippen LogP) is 4.11. The third kappa shape index (κ3) is 5.34. The molecule has 0 saturated carbocycles. The third-order valence-electron chi connectivity index (χ3n) is 6.73. The average molecular weight is 467 g/mol. The van der Waals surface area contributed by atoms with Gasteiger partial charge in [-0.25, -0.2) is 0 Å². The molecule has 6 heteroatoms. The number of anilines is 1. The van der Waals surface area contributed by atoms with Crippen LogP contribution < -0.4 is 10.9 Å². The first-order valence-corrected chi connectivity index (χ1v) is 12.0. The molecule has 0 spiro atoms. The fraction of sp³-hybridized carbons (Fsp3) is 0.241. The molecule has 1 aliphatic heterocycles. The van der Waals surface area contributed by atoms with Gasteiger partial charge in [-0.15, -0.1) is 0 Å². The lowest BCUT2D eigenvalue weighted by Gasteiger charge is -2.34. The Morgan fingerprint density at radius 3 is 2.00 bits per heavy atom. The SMILES string of the molecule is Cn1c(=O)cc(C(=O)Nc2ccc(CN3CCN(Cc4ccccc4)CC3)cc2)c2ccccc21. The van der Waals surface area contributed by atoms with E-state index in [-0.39, 0.29) is 11.5 Å². The van der Waals surface area contributed by atoms with Crippen molar-refractivity contribution in [2.75, 3.05) is 31.5 Å². The summed E-state index contributed by atoms with van der Waals surface area (Å²) >= 11 is 0. The number of carbonyl (C=O) groups excluding carboxylic acids is 1. The zero-order chi connectivity index (χ0) is 24.2. The molecule has 0 atom stereocenters. The van der Waals surface area contributed by atoms with Crippen LogP contribution in [0.2, 0.25) is 0 Å². The number of piperazine rings is 1. The molecule has 1 amide bonds. The van der Waals surface area contributed by atoms with Gasteiger partial charge in [0.15, 0.2) is 0 Å². The largest absolute Gasteiger partial charge is 0.322 e. The van der Waals surface area contributed by atoms with E-state index in [1.807, 2.05) is 36.4 Å². The Hall–Kier alpha value is -3.74. The maximum absolute atomic E-state index is 13.0. The molecule has 4 aromatic rings. The number of fused-ring (bicyclic) bond motifs is 1. The van der Waals surface area contributed by atoms with Gasteiger partial charge in [0.25, 0.3) is 11.5 Å². The van der Waals surface area contributed by atoms with Crippen LogP contribution in [-0.2, 0) is 20.1 Å². The highest BCUT2D eigenvalue weighted by Crippen LogP contribution is 2.19. The first-order chi connectivity index (χ1) is 17.1. The van der Waals surface area contributed by atoms with E-state index >= 15 is 0 Å². The van der Waals surface area contributed by atoms with Gasteiger partial charge in [0.05, 0.1) is 11.1 Å². The van der Waals surface area contributed by atoms with Crippen molar-refractivity contribution in [2.45, 2.75) is 13.1 Å². The molecule has 1 N–H and O–H groups in total. The van der Waals surface area contributed by atoms with Crippen LogP contribution in [0, 0.1) is 0 Å². The number of hydrogen-bond donors (Lipinski definition) is 1. The van der Waals surface area contributed by atoms with Crippen LogP contribution in [0.3, 0.4) is 0 Å². The zero-order valence-corrected chi connectivity index (χ0v) is 20.0. The summed E-state index contributed by atoms with van der Waals surface area (Å²) in [4.78, 5) is 30.3. The minimum absolute atomic E-state index is 0.201. The van der Waals surface area contributed by atoms with Crippen molar-refractivity contribution < 1.29 is 4.79 Å². The molecule has 0 unspecified atom stereocenters. The molecule has 1 fully saturated rings. The number of amides is 1. The van der Waals surface area contributed by atoms with Crippen LogP contribution in [0.1, 0.15) is 21.5 Å². The van der Waals surface area contributed by atoms with E-state index in [0.29, 0.717) is 5.56 Å². The number of nitrogens with one attached hydrogen (secondary N) is 1. The Balaban J connectivity index is 1.18. The molecule has 5 rings (SSSR count). The lowest BCUT2D eigenvalue weighted by molar-refractivity contribution is 0.102. The molecule has 0 radical (unpaired) electrons. The van der Waals surface area contributed by atoms with Crippen LogP contribution in [-0.4, -0.2) is 46.5 Å². The second-order valence-corrected chi connectivity index (χ2v) is 9.16. The van der Waals surface area contributed by atoms with Gasteiger partial charge in [-0.1, -0.05) is 60.7 Å². The van der Waals surface area contributed by atoms with Gasteiger partial charge in [0.2, 0.25) is 0 Å². The number of benzene rings is 3. The van der Waals surface area contributed by atoms with Crippen LogP contribution in [0.15, 0.2) is 89.7 Å². The molecule has 0 aliphatic carbocycles. The molecule has 1 saturated heterocycles. The molecule has 35 heavy (non-hydrogen) atoms. The van der Waals surface area contributed by atoms with Crippen LogP contribution in [0.4, 0.5) is 5.69 Å². The number of carbonyl (C=O) groups is 1. The second kappa shape index (κ2) is 10.3. The number of nitrogens with zero attached hydrogens (tertiary/aromatic N) is 3. The molecule has 1 aliphatic rings. The van der Waals surface area contributed by atoms with E-state index in [1.165, 1.54) is 17.2 Å². The molecule has 0 bridgehead atoms. The number of rotatable bonds is 6. The molecule has 178 valence electrons. The number of para-hydroxylation sites is 1. The molecule has 6 nitrogen and oxygen atoms in total. The highest BCUT2D eigenvalue weighted by molar-refractivity contribution is 6.12. The van der Waals surface area contributed by atoms with Gasteiger partial charge in [0.1, 0.15) is 0 Å². The lowest BCUT2D eigenvalue weighted by Crippen LogP contribution is -2.45. The van der Waals surface area contributed by atoms with Gasteiger partial charge in [-0.3, -0.25) is 19.4 Å². The standard InChI is InChI=1S/C29H30N4O2/c1-31-27-10-6-5-9-25(27)26(19-28(31)34)29(35)30-24-13-11-23(12-14-24)21-33-17-15-32(16-18-33)20-22-7-3-2-4-8-22/h2-14,19H,15-18,20-21H2,1H3,(H,30,35). The Bertz CT molecular complexity index is 1370. The molecular formula is C29H30N4O2. The van der Waals surface area contributed by atoms with E-state index < -0.39 is 0 Å². The van der Waals surface area contributed by atoms with Crippen molar-refractivity contribution in [3.63, 3.8) is 0 Å². The van der Waals surface area contributed by atoms with Crippen molar-refractivity contribution in [1.82, 2.24) is 14.4 Å². The minimum atomic E-state index is -0.277. The quantitative estimate of drug-likeness (QED) is 0.465. The monoisotopic (exact) mass is 466 g/mol. The predicted molar refractivity (Wildman–Crippen MR) is 141 cm³/mol. The van der Waals surface area contributed by atoms with Gasteiger partial charge >= 0.3 is 0 Å². The highest BCUT2D eigenvalue weighted by atomic mass is 16.2. The maximum Gasteiger partial charge on any atom is 0.256 e. The van der Waals surface area contributed by atoms with Gasteiger partial charge in [0, 0.05) is 63.5 Å². The number of aromatic nitrogens is 1. The lowest BCUT2D eigenvalue weighted by atomic mass is 10.1. The van der Waals surface area contributed by atoms with Crippen LogP contribution in [0.5, 0.6) is 0 Å². The van der Waals surface area contributed by atoms with E-state index in [9.17, 15) is 9.59 Å². The van der Waals surface area contributed by atoms with Crippen molar-refractivity contribution >= 4 is 22.5 Å². The molecular weight excluding hydrogens is 436 g/mol. The maximum atomic E-state index is 13.0. The van der Waals surface area contributed by atoms with E-state index in [4.69, 9.17) is 0 Å². The minimum Gasteiger partial charge on any atom is -0.322 e. The molecule has 3 aromatic carbocycles. The summed E-state index contributed by atoms with van der Waals surface area (Å²) in [5, 5.41) is 3.71. The Kier molecular flexibility index (Phi) is 6.75. The molecule has 1 aromatic heterocycles. The summed E-state index contributed by atoms with van der Waals surface area (Å²) in [6, 6.07) is 27.5. The topological polar surface area (TPSA) is 57.6 Å². The zero-order valence-electron chi connectivity index (χ0n) is 20.0. The summed E-state index contributed by atoms with van der Waals surface area (Å²) in [5.41, 5.74) is 4.23. The van der Waals surface area contributed by atoms with Gasteiger partial charge in [-0.2, -0.15) is 0 Å². The van der Waals surface area contributed by atoms with E-state index in [2.05, 4.69) is 57.6 Å². The average Bonchev–Trinajstić information content (AvgIpc) is 2.89. The first-order valence-electron chi connectivity index (χ1n) is 12.0. The van der Waals surface area contributed by atoms with E-state index in [1.54, 1.807) is 11.6 Å². The van der Waals surface area contributed by atoms with Crippen LogP contribution in [0.25, 0.3) is 10.9 Å². The Morgan fingerprint density at radius 1 is 0.771 bits per heavy atom. The first kappa shape index (κ1) is 23.0. The van der Waals surface area contributed by atoms with E-state index in [0.717, 1.165) is 55.9 Å². The number of hydrogen-bond acceptors (Lipinski definition) is 4. The summed E-state index contributed by atoms with van der Waals surface area (Å²) < 4.78 is 1.56. The third-order valence-corrected chi connectivity index (χ3v) is 6.73. The van der Waals surface area contributed by atoms with Crippen molar-refractivity contribution in [3.8, 4) is 0 Å². The molecule has 2 heterocycles. The summed E-state index contributed by atoms with van der Waals surface area (Å²) in [6.07, 6.45) is 0. The van der Waals surface area contributed by atoms with Gasteiger partial charge in [-0.05, 0) is 29.3 Å². The van der Waals surface area contributed by atoms with Crippen molar-refractivity contribution in [1.29, 1.82) is 0 Å². The number of pyridine rings is 1. The normalized spacial score (nSPS) is 14.8. The Labute approximate surface area is 205 Å². The summed E-state index contributed by atoms with van der Waals surface area (Å²) in [7, 11) is 1.72. The van der Waals surface area contributed by atoms with Crippen molar-refractivity contribution in [2.24, 2.45) is 7.05 Å². The van der Waals surface area contributed by atoms with Gasteiger partial charge < -0.3 is 9.88 Å². The second-order valence-electron chi connectivity index (χ2n) is 9.16. The summed E-state index contributed by atoms with van der Waals surface area (Å²) in [6.45, 7) is 6.11. The fourth-order valence-corrected chi connectivity index (χ4v) is 4.70.